The third-order valence-electron chi connectivity index (χ3n) is 5.20. The van der Waals surface area contributed by atoms with Gasteiger partial charge in [0.2, 0.25) is 0 Å². The van der Waals surface area contributed by atoms with E-state index in [1.807, 2.05) is 6.07 Å². The molecule has 2 aliphatic rings. The Morgan fingerprint density at radius 2 is 1.96 bits per heavy atom. The molecule has 5 heteroatoms. The van der Waals surface area contributed by atoms with Gasteiger partial charge in [0.15, 0.2) is 5.76 Å². The Morgan fingerprint density at radius 1 is 1.17 bits per heavy atom. The summed E-state index contributed by atoms with van der Waals surface area (Å²) in [6.07, 6.45) is 2.98. The second-order valence-electron chi connectivity index (χ2n) is 6.79. The van der Waals surface area contributed by atoms with Gasteiger partial charge in [0.05, 0.1) is 12.1 Å². The molecule has 1 N–H and O–H groups in total. The third kappa shape index (κ3) is 3.11. The van der Waals surface area contributed by atoms with Gasteiger partial charge in [-0.15, -0.1) is 0 Å². The van der Waals surface area contributed by atoms with Crippen molar-refractivity contribution in [2.24, 2.45) is 0 Å². The summed E-state index contributed by atoms with van der Waals surface area (Å²) in [7, 11) is 0. The molecule has 4 rings (SSSR count). The van der Waals surface area contributed by atoms with Crippen molar-refractivity contribution in [2.45, 2.75) is 44.4 Å². The first-order valence-electron chi connectivity index (χ1n) is 8.73. The summed E-state index contributed by atoms with van der Waals surface area (Å²) in [5.41, 5.74) is 3.15. The molecule has 1 aromatic carbocycles. The fourth-order valence-corrected chi connectivity index (χ4v) is 3.72. The van der Waals surface area contributed by atoms with E-state index in [1.54, 1.807) is 0 Å². The third-order valence-corrected chi connectivity index (χ3v) is 5.20. The quantitative estimate of drug-likeness (QED) is 0.935. The lowest BCUT2D eigenvalue weighted by Crippen LogP contribution is -2.50. The van der Waals surface area contributed by atoms with E-state index < -0.39 is 0 Å². The highest BCUT2D eigenvalue weighted by molar-refractivity contribution is 5.59. The fraction of sp³-hybridized carbons (Fsp3) is 0.526. The Labute approximate surface area is 142 Å². The van der Waals surface area contributed by atoms with E-state index in [0.29, 0.717) is 12.6 Å². The van der Waals surface area contributed by atoms with Crippen molar-refractivity contribution in [3.63, 3.8) is 0 Å². The lowest BCUT2D eigenvalue weighted by atomic mass is 9.86. The SMILES string of the molecule is Cc1ccc(-c2cc(CNC3CCOC34CCOCC4)on2)cc1. The second-order valence-corrected chi connectivity index (χ2v) is 6.79. The van der Waals surface area contributed by atoms with Crippen LogP contribution in [0, 0.1) is 6.92 Å². The first-order chi connectivity index (χ1) is 11.8. The molecule has 0 aliphatic carbocycles. The Hall–Kier alpha value is -1.69. The van der Waals surface area contributed by atoms with Crippen molar-refractivity contribution in [3.05, 3.63) is 41.7 Å². The molecule has 1 atom stereocenters. The van der Waals surface area contributed by atoms with Gasteiger partial charge in [0.1, 0.15) is 5.69 Å². The van der Waals surface area contributed by atoms with Crippen molar-refractivity contribution in [2.75, 3.05) is 19.8 Å². The zero-order valence-electron chi connectivity index (χ0n) is 14.1. The van der Waals surface area contributed by atoms with E-state index >= 15 is 0 Å². The Bertz CT molecular complexity index is 674. The maximum atomic E-state index is 6.08. The number of nitrogens with one attached hydrogen (secondary N) is 1. The Kier molecular flexibility index (Phi) is 4.39. The Balaban J connectivity index is 1.40. The van der Waals surface area contributed by atoms with Crippen LogP contribution in [0.3, 0.4) is 0 Å². The van der Waals surface area contributed by atoms with Crippen molar-refractivity contribution >= 4 is 0 Å². The topological polar surface area (TPSA) is 56.5 Å². The van der Waals surface area contributed by atoms with E-state index in [-0.39, 0.29) is 5.60 Å². The molecule has 0 radical (unpaired) electrons. The summed E-state index contributed by atoms with van der Waals surface area (Å²) in [4.78, 5) is 0. The van der Waals surface area contributed by atoms with Crippen LogP contribution in [0.4, 0.5) is 0 Å². The van der Waals surface area contributed by atoms with Gasteiger partial charge in [-0.25, -0.2) is 0 Å². The molecule has 2 aliphatic heterocycles. The van der Waals surface area contributed by atoms with E-state index in [2.05, 4.69) is 41.7 Å². The minimum atomic E-state index is -0.0575. The lowest BCUT2D eigenvalue weighted by molar-refractivity contribution is -0.0887. The van der Waals surface area contributed by atoms with E-state index in [1.165, 1.54) is 5.56 Å². The average molecular weight is 328 g/mol. The van der Waals surface area contributed by atoms with Gasteiger partial charge >= 0.3 is 0 Å². The summed E-state index contributed by atoms with van der Waals surface area (Å²) in [6, 6.07) is 10.7. The summed E-state index contributed by atoms with van der Waals surface area (Å²) in [5, 5.41) is 7.82. The van der Waals surface area contributed by atoms with Crippen molar-refractivity contribution in [1.29, 1.82) is 0 Å². The zero-order valence-corrected chi connectivity index (χ0v) is 14.1. The van der Waals surface area contributed by atoms with Crippen LogP contribution in [0.2, 0.25) is 0 Å². The molecule has 0 saturated carbocycles. The van der Waals surface area contributed by atoms with Gasteiger partial charge in [0, 0.05) is 50.3 Å². The number of ether oxygens (including phenoxy) is 2. The highest BCUT2D eigenvalue weighted by Crippen LogP contribution is 2.35. The average Bonchev–Trinajstić information content (AvgIpc) is 3.22. The molecule has 5 nitrogen and oxygen atoms in total. The molecule has 24 heavy (non-hydrogen) atoms. The first-order valence-corrected chi connectivity index (χ1v) is 8.73. The number of benzene rings is 1. The predicted octanol–water partition coefficient (Wildman–Crippen LogP) is 3.08. The molecular formula is C19H24N2O3. The predicted molar refractivity (Wildman–Crippen MR) is 90.7 cm³/mol. The first kappa shape index (κ1) is 15.8. The molecule has 0 bridgehead atoms. The fourth-order valence-electron chi connectivity index (χ4n) is 3.72. The van der Waals surface area contributed by atoms with Crippen LogP contribution in [0.15, 0.2) is 34.9 Å². The molecule has 1 unspecified atom stereocenters. The number of hydrogen-bond acceptors (Lipinski definition) is 5. The molecule has 2 fully saturated rings. The van der Waals surface area contributed by atoms with Crippen molar-refractivity contribution in [3.8, 4) is 11.3 Å². The van der Waals surface area contributed by atoms with Gasteiger partial charge in [-0.05, 0) is 13.3 Å². The number of aromatic nitrogens is 1. The van der Waals surface area contributed by atoms with Crippen LogP contribution in [-0.4, -0.2) is 36.6 Å². The molecule has 128 valence electrons. The number of nitrogens with zero attached hydrogens (tertiary/aromatic N) is 1. The summed E-state index contributed by atoms with van der Waals surface area (Å²) in [5.74, 6) is 0.861. The van der Waals surface area contributed by atoms with Crippen LogP contribution in [0.25, 0.3) is 11.3 Å². The van der Waals surface area contributed by atoms with Crippen molar-refractivity contribution < 1.29 is 14.0 Å². The van der Waals surface area contributed by atoms with Crippen LogP contribution in [0.1, 0.15) is 30.6 Å². The summed E-state index contributed by atoms with van der Waals surface area (Å²) >= 11 is 0. The second kappa shape index (κ2) is 6.67. The summed E-state index contributed by atoms with van der Waals surface area (Å²) in [6.45, 7) is 5.16. The smallest absolute Gasteiger partial charge is 0.151 e. The lowest BCUT2D eigenvalue weighted by Gasteiger charge is -2.37. The molecule has 2 saturated heterocycles. The highest BCUT2D eigenvalue weighted by Gasteiger charge is 2.45. The number of rotatable bonds is 4. The maximum Gasteiger partial charge on any atom is 0.151 e. The van der Waals surface area contributed by atoms with E-state index in [0.717, 1.165) is 56.1 Å². The number of hydrogen-bond donors (Lipinski definition) is 1. The molecule has 0 amide bonds. The molecule has 2 aromatic rings. The maximum absolute atomic E-state index is 6.08. The largest absolute Gasteiger partial charge is 0.381 e. The van der Waals surface area contributed by atoms with Crippen LogP contribution in [-0.2, 0) is 16.0 Å². The Morgan fingerprint density at radius 3 is 2.75 bits per heavy atom. The van der Waals surface area contributed by atoms with Gasteiger partial charge in [-0.3, -0.25) is 0 Å². The van der Waals surface area contributed by atoms with Gasteiger partial charge < -0.3 is 19.3 Å². The van der Waals surface area contributed by atoms with Crippen LogP contribution < -0.4 is 5.32 Å². The normalized spacial score (nSPS) is 23.0. The van der Waals surface area contributed by atoms with Crippen LogP contribution >= 0.6 is 0 Å². The molecule has 1 spiro atoms. The van der Waals surface area contributed by atoms with Gasteiger partial charge in [-0.2, -0.15) is 0 Å². The van der Waals surface area contributed by atoms with Crippen LogP contribution in [0.5, 0.6) is 0 Å². The highest BCUT2D eigenvalue weighted by atomic mass is 16.5. The molecule has 3 heterocycles. The van der Waals surface area contributed by atoms with E-state index in [9.17, 15) is 0 Å². The molecular weight excluding hydrogens is 304 g/mol. The van der Waals surface area contributed by atoms with Gasteiger partial charge in [0.25, 0.3) is 0 Å². The zero-order chi connectivity index (χ0) is 16.4. The standard InChI is InChI=1S/C19H24N2O3/c1-14-2-4-15(5-3-14)17-12-16(24-21-17)13-20-18-6-9-23-19(18)7-10-22-11-8-19/h2-5,12,18,20H,6-11,13H2,1H3. The monoisotopic (exact) mass is 328 g/mol. The summed E-state index contributed by atoms with van der Waals surface area (Å²) < 4.78 is 17.1. The minimum Gasteiger partial charge on any atom is -0.381 e. The number of aryl methyl sites for hydroxylation is 1. The van der Waals surface area contributed by atoms with E-state index in [4.69, 9.17) is 14.0 Å². The van der Waals surface area contributed by atoms with Gasteiger partial charge in [-0.1, -0.05) is 35.0 Å². The minimum absolute atomic E-state index is 0.0575. The van der Waals surface area contributed by atoms with Crippen molar-refractivity contribution in [1.82, 2.24) is 10.5 Å². The molecule has 1 aromatic heterocycles.